The maximum absolute atomic E-state index is 13.7. The molecule has 1 saturated heterocycles. The Bertz CT molecular complexity index is 1120. The third-order valence-electron chi connectivity index (χ3n) is 6.48. The highest BCUT2D eigenvalue weighted by atomic mass is 19.4. The number of likely N-dealkylation sites (N-methyl/N-ethyl adjacent to an activating group) is 3. The van der Waals surface area contributed by atoms with Crippen LogP contribution in [0.1, 0.15) is 29.7 Å². The predicted molar refractivity (Wildman–Crippen MR) is 139 cm³/mol. The Morgan fingerprint density at radius 3 is 2.57 bits per heavy atom. The van der Waals surface area contributed by atoms with E-state index < -0.39 is 23.7 Å². The minimum Gasteiger partial charge on any atom is -0.371 e. The quantitative estimate of drug-likeness (QED) is 0.469. The number of aromatic nitrogens is 1. The molecule has 0 unspecified atom stereocenters. The van der Waals surface area contributed by atoms with Gasteiger partial charge in [0.15, 0.2) is 0 Å². The van der Waals surface area contributed by atoms with Crippen LogP contribution in [0.5, 0.6) is 0 Å². The Morgan fingerprint density at radius 1 is 1.16 bits per heavy atom. The summed E-state index contributed by atoms with van der Waals surface area (Å²) in [7, 11) is 5.47. The van der Waals surface area contributed by atoms with Crippen LogP contribution in [-0.2, 0) is 15.8 Å². The highest BCUT2D eigenvalue weighted by molar-refractivity contribution is 6.09. The molecule has 1 atom stereocenters. The molecule has 1 fully saturated rings. The van der Waals surface area contributed by atoms with E-state index >= 15 is 0 Å². The fourth-order valence-corrected chi connectivity index (χ4v) is 4.59. The van der Waals surface area contributed by atoms with Crippen LogP contribution in [0.2, 0.25) is 0 Å². The molecule has 0 spiro atoms. The lowest BCUT2D eigenvalue weighted by Crippen LogP contribution is -2.46. The van der Waals surface area contributed by atoms with E-state index in [0.717, 1.165) is 47.9 Å². The summed E-state index contributed by atoms with van der Waals surface area (Å²) in [6, 6.07) is 6.46. The van der Waals surface area contributed by atoms with Crippen molar-refractivity contribution < 1.29 is 22.8 Å². The van der Waals surface area contributed by atoms with Crippen LogP contribution in [0.25, 0.3) is 0 Å². The summed E-state index contributed by atoms with van der Waals surface area (Å²) in [5, 5.41) is 6.44. The maximum atomic E-state index is 13.7. The first-order chi connectivity index (χ1) is 17.5. The minimum atomic E-state index is -4.59. The molecule has 0 saturated carbocycles. The van der Waals surface area contributed by atoms with Gasteiger partial charge in [-0.25, -0.2) is 4.98 Å². The summed E-state index contributed by atoms with van der Waals surface area (Å²) >= 11 is 0. The van der Waals surface area contributed by atoms with Crippen molar-refractivity contribution >= 4 is 29.0 Å². The molecular weight excluding hydrogens is 485 g/mol. The van der Waals surface area contributed by atoms with Gasteiger partial charge in [-0.2, -0.15) is 13.2 Å². The van der Waals surface area contributed by atoms with Gasteiger partial charge >= 0.3 is 6.18 Å². The van der Waals surface area contributed by atoms with E-state index in [2.05, 4.69) is 20.5 Å². The van der Waals surface area contributed by atoms with E-state index in [0.29, 0.717) is 12.2 Å². The summed E-state index contributed by atoms with van der Waals surface area (Å²) in [5.41, 5.74) is 1.73. The average molecular weight is 521 g/mol. The Labute approximate surface area is 215 Å². The lowest BCUT2D eigenvalue weighted by atomic mass is 10.1. The number of hydrogen-bond donors (Lipinski definition) is 2. The number of carbonyl (C=O) groups excluding carboxylic acids is 2. The molecule has 2 heterocycles. The number of alkyl halides is 3. The van der Waals surface area contributed by atoms with E-state index in [9.17, 15) is 22.8 Å². The monoisotopic (exact) mass is 520 g/mol. The molecule has 202 valence electrons. The second-order valence-electron chi connectivity index (χ2n) is 9.29. The van der Waals surface area contributed by atoms with Crippen molar-refractivity contribution in [2.24, 2.45) is 0 Å². The minimum absolute atomic E-state index is 0.0556. The summed E-state index contributed by atoms with van der Waals surface area (Å²) in [6.45, 7) is 6.53. The molecule has 2 amide bonds. The van der Waals surface area contributed by atoms with Gasteiger partial charge in [-0.05, 0) is 51.1 Å². The van der Waals surface area contributed by atoms with Gasteiger partial charge < -0.3 is 20.4 Å². The van der Waals surface area contributed by atoms with Crippen molar-refractivity contribution in [3.05, 3.63) is 47.2 Å². The van der Waals surface area contributed by atoms with E-state index in [1.807, 2.05) is 39.2 Å². The third kappa shape index (κ3) is 6.58. The smallest absolute Gasteiger partial charge is 0.371 e. The maximum Gasteiger partial charge on any atom is 0.416 e. The normalized spacial score (nSPS) is 15.8. The number of anilines is 3. The molecule has 11 heteroatoms. The van der Waals surface area contributed by atoms with Gasteiger partial charge in [0, 0.05) is 52.4 Å². The van der Waals surface area contributed by atoms with E-state index in [4.69, 9.17) is 0 Å². The van der Waals surface area contributed by atoms with Gasteiger partial charge in [-0.3, -0.25) is 14.5 Å². The Morgan fingerprint density at radius 2 is 1.89 bits per heavy atom. The SMILES string of the molecule is CNCCNCCN(C)c1c(C)cccc1N(C)C(=O)[C@@H]1CCC(=O)N1c1cc(C(F)(F)F)cc(C)n1. The first-order valence-electron chi connectivity index (χ1n) is 12.3. The molecule has 2 N–H and O–H groups in total. The molecule has 1 aliphatic rings. The lowest BCUT2D eigenvalue weighted by Gasteiger charge is -2.32. The molecule has 0 bridgehead atoms. The zero-order valence-corrected chi connectivity index (χ0v) is 21.9. The number of para-hydroxylation sites is 1. The average Bonchev–Trinajstić information content (AvgIpc) is 3.23. The van der Waals surface area contributed by atoms with E-state index in [1.54, 1.807) is 7.05 Å². The van der Waals surface area contributed by atoms with Crippen molar-refractivity contribution in [2.75, 3.05) is 62.0 Å². The second kappa shape index (κ2) is 11.9. The summed E-state index contributed by atoms with van der Waals surface area (Å²) in [6.07, 6.45) is -4.34. The summed E-state index contributed by atoms with van der Waals surface area (Å²) in [5.74, 6) is -0.960. The van der Waals surface area contributed by atoms with Crippen molar-refractivity contribution in [1.82, 2.24) is 15.6 Å². The van der Waals surface area contributed by atoms with Gasteiger partial charge in [-0.1, -0.05) is 12.1 Å². The number of nitrogens with one attached hydrogen (secondary N) is 2. The molecule has 8 nitrogen and oxygen atoms in total. The molecule has 0 aliphatic carbocycles. The highest BCUT2D eigenvalue weighted by Gasteiger charge is 2.41. The summed E-state index contributed by atoms with van der Waals surface area (Å²) < 4.78 is 40.3. The van der Waals surface area contributed by atoms with Gasteiger partial charge in [0.25, 0.3) is 0 Å². The summed E-state index contributed by atoms with van der Waals surface area (Å²) in [4.78, 5) is 35.3. The number of aryl methyl sites for hydroxylation is 2. The van der Waals surface area contributed by atoms with Crippen molar-refractivity contribution in [1.29, 1.82) is 0 Å². The van der Waals surface area contributed by atoms with Crippen LogP contribution in [0.3, 0.4) is 0 Å². The number of carbonyl (C=O) groups is 2. The van der Waals surface area contributed by atoms with Crippen LogP contribution < -0.4 is 25.3 Å². The number of nitrogens with zero attached hydrogens (tertiary/aromatic N) is 4. The zero-order chi connectivity index (χ0) is 27.3. The number of amides is 2. The van der Waals surface area contributed by atoms with Gasteiger partial charge in [0.2, 0.25) is 11.8 Å². The number of rotatable bonds is 10. The van der Waals surface area contributed by atoms with Crippen LogP contribution in [0.15, 0.2) is 30.3 Å². The first kappa shape index (κ1) is 28.4. The zero-order valence-electron chi connectivity index (χ0n) is 21.9. The largest absolute Gasteiger partial charge is 0.416 e. The van der Waals surface area contributed by atoms with Gasteiger partial charge in [0.1, 0.15) is 11.9 Å². The molecule has 37 heavy (non-hydrogen) atoms. The predicted octanol–water partition coefficient (Wildman–Crippen LogP) is 3.12. The first-order valence-corrected chi connectivity index (χ1v) is 12.3. The molecule has 1 aliphatic heterocycles. The van der Waals surface area contributed by atoms with Gasteiger partial charge in [-0.15, -0.1) is 0 Å². The third-order valence-corrected chi connectivity index (χ3v) is 6.48. The lowest BCUT2D eigenvalue weighted by molar-refractivity contribution is -0.137. The Balaban J connectivity index is 1.87. The highest BCUT2D eigenvalue weighted by Crippen LogP contribution is 2.36. The topological polar surface area (TPSA) is 80.8 Å². The molecule has 1 aromatic heterocycles. The van der Waals surface area contributed by atoms with E-state index in [1.165, 1.54) is 11.8 Å². The Kier molecular flexibility index (Phi) is 9.14. The molecule has 0 radical (unpaired) electrons. The number of halogens is 3. The van der Waals surface area contributed by atoms with Crippen LogP contribution in [-0.4, -0.2) is 70.2 Å². The fourth-order valence-electron chi connectivity index (χ4n) is 4.59. The molecule has 3 rings (SSSR count). The van der Waals surface area contributed by atoms with E-state index in [-0.39, 0.29) is 30.3 Å². The number of benzene rings is 1. The number of hydrogen-bond acceptors (Lipinski definition) is 6. The van der Waals surface area contributed by atoms with Crippen molar-refractivity contribution in [3.8, 4) is 0 Å². The molecule has 1 aromatic carbocycles. The second-order valence-corrected chi connectivity index (χ2v) is 9.29. The van der Waals surface area contributed by atoms with Crippen LogP contribution in [0.4, 0.5) is 30.4 Å². The Hall–Kier alpha value is -3.18. The van der Waals surface area contributed by atoms with Crippen LogP contribution in [0, 0.1) is 13.8 Å². The molecular formula is C26H35F3N6O2. The fraction of sp³-hybridized carbons (Fsp3) is 0.500. The molecule has 2 aromatic rings. The number of pyridine rings is 1. The van der Waals surface area contributed by atoms with Crippen molar-refractivity contribution in [3.63, 3.8) is 0 Å². The van der Waals surface area contributed by atoms with Crippen molar-refractivity contribution in [2.45, 2.75) is 38.9 Å². The standard InChI is InChI=1S/C26H35F3N6O2/c1-17-7-6-8-20(24(17)33(4)14-13-31-12-11-30-3)34(5)25(37)21-9-10-23(36)35(21)22-16-19(26(27,28)29)15-18(2)32-22/h6-8,15-16,21,30-31H,9-14H2,1-5H3/t21-/m0/s1. The van der Waals surface area contributed by atoms with Gasteiger partial charge in [0.05, 0.1) is 16.9 Å². The van der Waals surface area contributed by atoms with Crippen LogP contribution >= 0.6 is 0 Å².